The average Bonchev–Trinajstić information content (AvgIpc) is 3.59. The van der Waals surface area contributed by atoms with E-state index in [4.69, 9.17) is 24.4 Å². The van der Waals surface area contributed by atoms with Crippen LogP contribution in [0, 0.1) is 17.7 Å². The maximum Gasteiger partial charge on any atom is 0.306 e. The first kappa shape index (κ1) is 31.9. The molecule has 43 heavy (non-hydrogen) atoms. The third kappa shape index (κ3) is 7.14. The lowest BCUT2D eigenvalue weighted by atomic mass is 10.0. The smallest absolute Gasteiger partial charge is 0.306 e. The van der Waals surface area contributed by atoms with Crippen LogP contribution in [-0.4, -0.2) is 54.5 Å². The number of ketones is 2. The number of fused-ring (bicyclic) bond motifs is 2. The summed E-state index contributed by atoms with van der Waals surface area (Å²) in [5, 5.41) is 19.3. The van der Waals surface area contributed by atoms with Crippen LogP contribution in [-0.2, 0) is 16.0 Å². The molecule has 4 aromatic rings. The summed E-state index contributed by atoms with van der Waals surface area (Å²) in [6, 6.07) is 8.54. The highest BCUT2D eigenvalue weighted by molar-refractivity contribution is 7.21. The van der Waals surface area contributed by atoms with Gasteiger partial charge in [0.05, 0.1) is 42.4 Å². The number of ether oxygens (including phenoxy) is 3. The van der Waals surface area contributed by atoms with Crippen LogP contribution in [0.4, 0.5) is 4.39 Å². The van der Waals surface area contributed by atoms with E-state index in [1.807, 2.05) is 12.1 Å². The maximum atomic E-state index is 15.5. The molecule has 0 spiro atoms. The Hall–Kier alpha value is -4.03. The van der Waals surface area contributed by atoms with Gasteiger partial charge in [-0.2, -0.15) is 0 Å². The van der Waals surface area contributed by atoms with Gasteiger partial charge in [-0.1, -0.05) is 13.8 Å². The Labute approximate surface area is 254 Å². The van der Waals surface area contributed by atoms with Crippen molar-refractivity contribution in [3.63, 3.8) is 0 Å². The van der Waals surface area contributed by atoms with Gasteiger partial charge in [-0.25, -0.2) is 4.39 Å². The lowest BCUT2D eigenvalue weighted by Gasteiger charge is -2.13. The Balaban J connectivity index is 1.47. The highest BCUT2D eigenvalue weighted by Gasteiger charge is 2.23. The summed E-state index contributed by atoms with van der Waals surface area (Å²) in [5.41, 5.74) is 0.869. The first-order valence-electron chi connectivity index (χ1n) is 13.5. The van der Waals surface area contributed by atoms with Gasteiger partial charge in [-0.3, -0.25) is 19.2 Å². The molecule has 0 radical (unpaired) electrons. The van der Waals surface area contributed by atoms with Crippen molar-refractivity contribution < 1.29 is 48.0 Å². The summed E-state index contributed by atoms with van der Waals surface area (Å²) in [7, 11) is 2.94. The number of rotatable bonds is 15. The van der Waals surface area contributed by atoms with Crippen LogP contribution < -0.4 is 14.2 Å². The molecule has 0 saturated carbocycles. The van der Waals surface area contributed by atoms with Gasteiger partial charge in [0.25, 0.3) is 0 Å². The standard InChI is InChI=1S/C31H31FO9S2/c1-15(30(35)36)8-20(33)26-11-18-10-17(22(39-3)13-24(18)42-26)6-5-7-41-29-23(40-4)14-25-19(28(29)32)12-27(43-25)21(34)9-16(2)31(37)38/h10-16H,5-9H2,1-4H3,(H,35,36)(H,37,38)/t15-,16-/m0/s1. The number of halogens is 1. The van der Waals surface area contributed by atoms with Crippen molar-refractivity contribution in [1.29, 1.82) is 0 Å². The first-order chi connectivity index (χ1) is 20.4. The summed E-state index contributed by atoms with van der Waals surface area (Å²) in [4.78, 5) is 48.2. The number of thiophene rings is 2. The van der Waals surface area contributed by atoms with Gasteiger partial charge in [0.1, 0.15) is 5.75 Å². The lowest BCUT2D eigenvalue weighted by Crippen LogP contribution is -2.13. The monoisotopic (exact) mass is 630 g/mol. The van der Waals surface area contributed by atoms with Crippen LogP contribution in [0.1, 0.15) is 58.0 Å². The van der Waals surface area contributed by atoms with Gasteiger partial charge in [0, 0.05) is 33.7 Å². The number of aryl methyl sites for hydroxylation is 1. The highest BCUT2D eigenvalue weighted by Crippen LogP contribution is 2.41. The molecule has 2 heterocycles. The van der Waals surface area contributed by atoms with Gasteiger partial charge in [0.2, 0.25) is 0 Å². The van der Waals surface area contributed by atoms with Crippen LogP contribution in [0.3, 0.4) is 0 Å². The molecule has 228 valence electrons. The summed E-state index contributed by atoms with van der Waals surface area (Å²) < 4.78 is 33.6. The van der Waals surface area contributed by atoms with Crippen molar-refractivity contribution in [3.8, 4) is 17.2 Å². The molecule has 0 amide bonds. The molecular weight excluding hydrogens is 599 g/mol. The van der Waals surface area contributed by atoms with E-state index in [0.717, 1.165) is 27.0 Å². The molecule has 9 nitrogen and oxygen atoms in total. The number of hydrogen-bond donors (Lipinski definition) is 2. The van der Waals surface area contributed by atoms with Crippen LogP contribution in [0.2, 0.25) is 0 Å². The number of carbonyl (C=O) groups is 4. The number of benzene rings is 2. The second-order valence-corrected chi connectivity index (χ2v) is 12.4. The SMILES string of the molecule is COc1cc2sc(C(=O)C[C@H](C)C(=O)O)cc2cc1CCCOc1c(OC)cc2sc(C(=O)C[C@H](C)C(=O)O)cc2c1F. The number of methoxy groups -OCH3 is 2. The molecule has 4 rings (SSSR count). The van der Waals surface area contributed by atoms with E-state index < -0.39 is 29.6 Å². The number of carboxylic acids is 2. The topological polar surface area (TPSA) is 136 Å². The van der Waals surface area contributed by atoms with Gasteiger partial charge >= 0.3 is 11.9 Å². The van der Waals surface area contributed by atoms with Crippen molar-refractivity contribution in [2.45, 2.75) is 39.5 Å². The Bertz CT molecular complexity index is 1700. The van der Waals surface area contributed by atoms with Crippen LogP contribution in [0.5, 0.6) is 17.2 Å². The van der Waals surface area contributed by atoms with Crippen molar-refractivity contribution in [2.75, 3.05) is 20.8 Å². The fourth-order valence-electron chi connectivity index (χ4n) is 4.53. The molecule has 0 aliphatic heterocycles. The quantitative estimate of drug-likeness (QED) is 0.106. The molecule has 0 aliphatic carbocycles. The molecule has 0 fully saturated rings. The van der Waals surface area contributed by atoms with Crippen molar-refractivity contribution in [1.82, 2.24) is 0 Å². The molecular formula is C31H31FO9S2. The van der Waals surface area contributed by atoms with Crippen molar-refractivity contribution in [3.05, 3.63) is 51.5 Å². The second kappa shape index (κ2) is 13.5. The molecule has 12 heteroatoms. The molecule has 0 aliphatic rings. The summed E-state index contributed by atoms with van der Waals surface area (Å²) in [6.07, 6.45) is 0.753. The molecule has 0 unspecified atom stereocenters. The molecule has 2 aromatic heterocycles. The lowest BCUT2D eigenvalue weighted by molar-refractivity contribution is -0.141. The normalized spacial score (nSPS) is 12.7. The minimum atomic E-state index is -1.08. The van der Waals surface area contributed by atoms with Crippen molar-refractivity contribution >= 4 is 66.4 Å². The number of Topliss-reactive ketones (excluding diaryl/α,β-unsaturated/α-hetero) is 2. The molecule has 0 bridgehead atoms. The fraction of sp³-hybridized carbons (Fsp3) is 0.355. The zero-order valence-electron chi connectivity index (χ0n) is 24.0. The zero-order chi connectivity index (χ0) is 31.4. The van der Waals surface area contributed by atoms with E-state index in [0.29, 0.717) is 28.2 Å². The van der Waals surface area contributed by atoms with Crippen LogP contribution in [0.15, 0.2) is 30.3 Å². The number of aliphatic carboxylic acids is 2. The minimum absolute atomic E-state index is 0.0790. The molecule has 2 N–H and O–H groups in total. The minimum Gasteiger partial charge on any atom is -0.496 e. The number of carbonyl (C=O) groups excluding carboxylic acids is 2. The summed E-state index contributed by atoms with van der Waals surface area (Å²) in [6.45, 7) is 3.09. The van der Waals surface area contributed by atoms with Gasteiger partial charge < -0.3 is 24.4 Å². The van der Waals surface area contributed by atoms with Gasteiger partial charge in [-0.15, -0.1) is 22.7 Å². The summed E-state index contributed by atoms with van der Waals surface area (Å²) >= 11 is 2.36. The average molecular weight is 631 g/mol. The van der Waals surface area contributed by atoms with E-state index >= 15 is 4.39 Å². The van der Waals surface area contributed by atoms with E-state index in [1.165, 1.54) is 38.4 Å². The van der Waals surface area contributed by atoms with E-state index in [1.54, 1.807) is 19.2 Å². The second-order valence-electron chi connectivity index (χ2n) is 10.2. The third-order valence-electron chi connectivity index (χ3n) is 7.03. The Morgan fingerprint density at radius 2 is 1.37 bits per heavy atom. The largest absolute Gasteiger partial charge is 0.496 e. The molecule has 0 saturated heterocycles. The Morgan fingerprint density at radius 3 is 1.95 bits per heavy atom. The maximum absolute atomic E-state index is 15.5. The Kier molecular flexibility index (Phi) is 10.0. The third-order valence-corrected chi connectivity index (χ3v) is 9.30. The Morgan fingerprint density at radius 1 is 0.814 bits per heavy atom. The fourth-order valence-corrected chi connectivity index (χ4v) is 6.59. The first-order valence-corrected chi connectivity index (χ1v) is 15.1. The molecule has 2 atom stereocenters. The van der Waals surface area contributed by atoms with E-state index in [2.05, 4.69) is 0 Å². The predicted molar refractivity (Wildman–Crippen MR) is 162 cm³/mol. The highest BCUT2D eigenvalue weighted by atomic mass is 32.1. The summed E-state index contributed by atoms with van der Waals surface area (Å²) in [5.74, 6) is -4.26. The number of hydrogen-bond acceptors (Lipinski definition) is 9. The predicted octanol–water partition coefficient (Wildman–Crippen LogP) is 6.87. The van der Waals surface area contributed by atoms with Crippen molar-refractivity contribution in [2.24, 2.45) is 11.8 Å². The zero-order valence-corrected chi connectivity index (χ0v) is 25.7. The van der Waals surface area contributed by atoms with E-state index in [-0.39, 0.29) is 52.8 Å². The van der Waals surface area contributed by atoms with Gasteiger partial charge in [0.15, 0.2) is 28.9 Å². The molecule has 2 aromatic carbocycles. The van der Waals surface area contributed by atoms with Gasteiger partial charge in [-0.05, 0) is 48.1 Å². The van der Waals surface area contributed by atoms with Crippen LogP contribution >= 0.6 is 22.7 Å². The number of carboxylic acid groups (broad SMARTS) is 2. The van der Waals surface area contributed by atoms with Crippen LogP contribution in [0.25, 0.3) is 20.2 Å². The van der Waals surface area contributed by atoms with E-state index in [9.17, 15) is 19.2 Å².